The van der Waals surface area contributed by atoms with E-state index < -0.39 is 0 Å². The predicted octanol–water partition coefficient (Wildman–Crippen LogP) is 3.82. The van der Waals surface area contributed by atoms with Crippen molar-refractivity contribution in [2.45, 2.75) is 19.8 Å². The number of carbonyl (C=O) groups excluding carboxylic acids is 1. The van der Waals surface area contributed by atoms with E-state index in [1.165, 1.54) is 0 Å². The lowest BCUT2D eigenvalue weighted by Gasteiger charge is -2.06. The minimum atomic E-state index is -0.164. The molecule has 0 bridgehead atoms. The van der Waals surface area contributed by atoms with Crippen LogP contribution in [0.1, 0.15) is 24.5 Å². The summed E-state index contributed by atoms with van der Waals surface area (Å²) < 4.78 is 5.09. The lowest BCUT2D eigenvalue weighted by Crippen LogP contribution is -2.21. The molecule has 0 aliphatic rings. The highest BCUT2D eigenvalue weighted by molar-refractivity contribution is 6.31. The van der Waals surface area contributed by atoms with E-state index in [1.807, 2.05) is 49.4 Å². The lowest BCUT2D eigenvalue weighted by molar-refractivity contribution is -0.120. The van der Waals surface area contributed by atoms with Crippen LogP contribution < -0.4 is 10.2 Å². The fourth-order valence-corrected chi connectivity index (χ4v) is 2.30. The van der Waals surface area contributed by atoms with Gasteiger partial charge in [0.05, 0.1) is 19.2 Å². The first kappa shape index (κ1) is 17.0. The number of benzene rings is 2. The summed E-state index contributed by atoms with van der Waals surface area (Å²) in [6.45, 7) is 1.98. The van der Waals surface area contributed by atoms with Gasteiger partial charge >= 0.3 is 0 Å². The number of nitrogens with one attached hydrogen (secondary N) is 1. The van der Waals surface area contributed by atoms with E-state index in [1.54, 1.807) is 13.2 Å². The Labute approximate surface area is 141 Å². The van der Waals surface area contributed by atoms with Crippen LogP contribution in [0.5, 0.6) is 5.75 Å². The van der Waals surface area contributed by atoms with Crippen LogP contribution in [0.25, 0.3) is 0 Å². The maximum Gasteiger partial charge on any atom is 0.244 e. The van der Waals surface area contributed by atoms with Gasteiger partial charge in [-0.2, -0.15) is 5.10 Å². The summed E-state index contributed by atoms with van der Waals surface area (Å²) in [7, 11) is 1.61. The number of ether oxygens (including phenoxy) is 1. The molecule has 0 spiro atoms. The minimum absolute atomic E-state index is 0.164. The Hall–Kier alpha value is -2.33. The molecule has 0 aliphatic heterocycles. The van der Waals surface area contributed by atoms with Gasteiger partial charge in [-0.15, -0.1) is 0 Å². The monoisotopic (exact) mass is 330 g/mol. The van der Waals surface area contributed by atoms with Crippen LogP contribution in [0.2, 0.25) is 5.02 Å². The molecule has 0 unspecified atom stereocenters. The van der Waals surface area contributed by atoms with Crippen LogP contribution in [0.3, 0.4) is 0 Å². The molecule has 0 atom stereocenters. The standard InChI is InChI=1S/C18H19ClN2O2/c1-3-17(14-5-4-6-15(19)12-14)20-21-18(22)11-13-7-9-16(23-2)10-8-13/h4-10,12H,3,11H2,1-2H3,(H,21,22). The molecule has 23 heavy (non-hydrogen) atoms. The second-order valence-corrected chi connectivity index (χ2v) is 5.42. The highest BCUT2D eigenvalue weighted by Crippen LogP contribution is 2.13. The molecule has 2 aromatic rings. The Kier molecular flexibility index (Phi) is 6.18. The Morgan fingerprint density at radius 1 is 1.22 bits per heavy atom. The zero-order chi connectivity index (χ0) is 16.7. The average Bonchev–Trinajstić information content (AvgIpc) is 2.56. The first-order valence-corrected chi connectivity index (χ1v) is 7.74. The summed E-state index contributed by atoms with van der Waals surface area (Å²) in [5.41, 5.74) is 5.20. The third kappa shape index (κ3) is 5.11. The number of carbonyl (C=O) groups is 1. The molecule has 2 aromatic carbocycles. The van der Waals surface area contributed by atoms with Crippen molar-refractivity contribution >= 4 is 23.2 Å². The molecule has 5 heteroatoms. The molecule has 0 heterocycles. The second-order valence-electron chi connectivity index (χ2n) is 4.98. The summed E-state index contributed by atoms with van der Waals surface area (Å²) in [5.74, 6) is 0.601. The van der Waals surface area contributed by atoms with Crippen molar-refractivity contribution in [1.82, 2.24) is 5.43 Å². The number of rotatable bonds is 6. The molecular formula is C18H19ClN2O2. The van der Waals surface area contributed by atoms with E-state index in [9.17, 15) is 4.79 Å². The summed E-state index contributed by atoms with van der Waals surface area (Å²) in [4.78, 5) is 12.0. The van der Waals surface area contributed by atoms with Crippen LogP contribution in [-0.4, -0.2) is 18.7 Å². The van der Waals surface area contributed by atoms with Crippen molar-refractivity contribution in [3.8, 4) is 5.75 Å². The van der Waals surface area contributed by atoms with E-state index in [0.29, 0.717) is 11.4 Å². The van der Waals surface area contributed by atoms with Gasteiger partial charge in [0.25, 0.3) is 0 Å². The van der Waals surface area contributed by atoms with Crippen molar-refractivity contribution in [2.24, 2.45) is 5.10 Å². The number of hydrogen-bond acceptors (Lipinski definition) is 3. The Morgan fingerprint density at radius 2 is 1.96 bits per heavy atom. The summed E-state index contributed by atoms with van der Waals surface area (Å²) in [6, 6.07) is 14.8. The third-order valence-corrected chi connectivity index (χ3v) is 3.57. The van der Waals surface area contributed by atoms with E-state index in [2.05, 4.69) is 10.5 Å². The number of hydrogen-bond donors (Lipinski definition) is 1. The number of amides is 1. The topological polar surface area (TPSA) is 50.7 Å². The van der Waals surface area contributed by atoms with Gasteiger partial charge in [0, 0.05) is 5.02 Å². The number of methoxy groups -OCH3 is 1. The van der Waals surface area contributed by atoms with Crippen molar-refractivity contribution in [3.63, 3.8) is 0 Å². The van der Waals surface area contributed by atoms with Crippen molar-refractivity contribution < 1.29 is 9.53 Å². The largest absolute Gasteiger partial charge is 0.497 e. The number of nitrogens with zero attached hydrogens (tertiary/aromatic N) is 1. The smallest absolute Gasteiger partial charge is 0.244 e. The van der Waals surface area contributed by atoms with Gasteiger partial charge in [0.15, 0.2) is 0 Å². The predicted molar refractivity (Wildman–Crippen MR) is 93.1 cm³/mol. The first-order chi connectivity index (χ1) is 11.1. The van der Waals surface area contributed by atoms with Crippen molar-refractivity contribution in [3.05, 3.63) is 64.7 Å². The first-order valence-electron chi connectivity index (χ1n) is 7.36. The zero-order valence-corrected chi connectivity index (χ0v) is 13.9. The molecule has 0 saturated heterocycles. The molecule has 0 saturated carbocycles. The minimum Gasteiger partial charge on any atom is -0.497 e. The van der Waals surface area contributed by atoms with Crippen LogP contribution in [-0.2, 0) is 11.2 Å². The Balaban J connectivity index is 2.00. The summed E-state index contributed by atoms with van der Waals surface area (Å²) >= 11 is 5.99. The van der Waals surface area contributed by atoms with Crippen LogP contribution in [0.4, 0.5) is 0 Å². The number of hydrazone groups is 1. The van der Waals surface area contributed by atoms with Gasteiger partial charge in [-0.25, -0.2) is 5.43 Å². The molecule has 1 amide bonds. The fourth-order valence-electron chi connectivity index (χ4n) is 2.11. The molecule has 4 nitrogen and oxygen atoms in total. The van der Waals surface area contributed by atoms with Gasteiger partial charge in [-0.05, 0) is 41.8 Å². The quantitative estimate of drug-likeness (QED) is 0.646. The molecule has 0 radical (unpaired) electrons. The second kappa shape index (κ2) is 8.34. The Morgan fingerprint density at radius 3 is 2.57 bits per heavy atom. The normalized spacial score (nSPS) is 11.2. The van der Waals surface area contributed by atoms with Gasteiger partial charge in [-0.3, -0.25) is 4.79 Å². The van der Waals surface area contributed by atoms with E-state index in [4.69, 9.17) is 16.3 Å². The molecule has 0 aromatic heterocycles. The van der Waals surface area contributed by atoms with Crippen LogP contribution >= 0.6 is 11.6 Å². The molecule has 2 rings (SSSR count). The third-order valence-electron chi connectivity index (χ3n) is 3.33. The summed E-state index contributed by atoms with van der Waals surface area (Å²) in [5, 5.41) is 4.86. The number of halogens is 1. The molecule has 120 valence electrons. The van der Waals surface area contributed by atoms with E-state index in [-0.39, 0.29) is 12.3 Å². The lowest BCUT2D eigenvalue weighted by atomic mass is 10.1. The molecule has 1 N–H and O–H groups in total. The zero-order valence-electron chi connectivity index (χ0n) is 13.2. The van der Waals surface area contributed by atoms with E-state index in [0.717, 1.165) is 22.6 Å². The highest BCUT2D eigenvalue weighted by atomic mass is 35.5. The molecule has 0 fully saturated rings. The van der Waals surface area contributed by atoms with Crippen molar-refractivity contribution in [2.75, 3.05) is 7.11 Å². The highest BCUT2D eigenvalue weighted by Gasteiger charge is 2.05. The fraction of sp³-hybridized carbons (Fsp3) is 0.222. The maximum absolute atomic E-state index is 12.0. The van der Waals surface area contributed by atoms with Gasteiger partial charge < -0.3 is 4.74 Å². The molecule has 0 aliphatic carbocycles. The van der Waals surface area contributed by atoms with Gasteiger partial charge in [0.2, 0.25) is 5.91 Å². The maximum atomic E-state index is 12.0. The van der Waals surface area contributed by atoms with Crippen molar-refractivity contribution in [1.29, 1.82) is 0 Å². The van der Waals surface area contributed by atoms with E-state index >= 15 is 0 Å². The Bertz CT molecular complexity index is 696. The SMILES string of the molecule is CCC(=NNC(=O)Cc1ccc(OC)cc1)c1cccc(Cl)c1. The summed E-state index contributed by atoms with van der Waals surface area (Å²) in [6.07, 6.45) is 0.962. The van der Waals surface area contributed by atoms with Gasteiger partial charge in [0.1, 0.15) is 5.75 Å². The molecular weight excluding hydrogens is 312 g/mol. The van der Waals surface area contributed by atoms with Gasteiger partial charge in [-0.1, -0.05) is 42.8 Å². The van der Waals surface area contributed by atoms with Crippen LogP contribution in [0, 0.1) is 0 Å². The van der Waals surface area contributed by atoms with Crippen LogP contribution in [0.15, 0.2) is 53.6 Å². The average molecular weight is 331 g/mol.